The van der Waals surface area contributed by atoms with Crippen LogP contribution in [0.25, 0.3) is 0 Å². The molecule has 0 aliphatic carbocycles. The van der Waals surface area contributed by atoms with Gasteiger partial charge in [0.1, 0.15) is 5.75 Å². The molecule has 0 radical (unpaired) electrons. The topological polar surface area (TPSA) is 58.6 Å². The summed E-state index contributed by atoms with van der Waals surface area (Å²) in [5, 5.41) is 3.03. The Morgan fingerprint density at radius 2 is 1.93 bits per heavy atom. The van der Waals surface area contributed by atoms with Crippen molar-refractivity contribution < 1.29 is 14.3 Å². The van der Waals surface area contributed by atoms with Gasteiger partial charge in [0.15, 0.2) is 0 Å². The van der Waals surface area contributed by atoms with Gasteiger partial charge in [0.05, 0.1) is 19.1 Å². The van der Waals surface area contributed by atoms with Gasteiger partial charge in [-0.25, -0.2) is 0 Å². The number of carbonyl (C=O) groups excluding carboxylic acids is 2. The van der Waals surface area contributed by atoms with Gasteiger partial charge in [0.25, 0.3) is 0 Å². The summed E-state index contributed by atoms with van der Waals surface area (Å²) in [5.74, 6) is 0.280. The Morgan fingerprint density at radius 3 is 2.67 bits per heavy atom. The van der Waals surface area contributed by atoms with Gasteiger partial charge in [-0.1, -0.05) is 30.3 Å². The van der Waals surface area contributed by atoms with E-state index in [4.69, 9.17) is 4.74 Å². The van der Waals surface area contributed by atoms with Gasteiger partial charge < -0.3 is 15.0 Å². The number of amides is 2. The van der Waals surface area contributed by atoms with Crippen LogP contribution in [0.2, 0.25) is 0 Å². The first-order valence-corrected chi connectivity index (χ1v) is 9.22. The molecule has 0 saturated carbocycles. The van der Waals surface area contributed by atoms with Crippen molar-refractivity contribution in [2.75, 3.05) is 18.6 Å². The van der Waals surface area contributed by atoms with Crippen molar-refractivity contribution in [3.8, 4) is 5.75 Å². The molecule has 1 fully saturated rings. The summed E-state index contributed by atoms with van der Waals surface area (Å²) in [6.45, 7) is 6.37. The monoisotopic (exact) mass is 366 g/mol. The third-order valence-corrected chi connectivity index (χ3v) is 5.33. The molecule has 1 aliphatic heterocycles. The molecule has 1 N–H and O–H groups in total. The Morgan fingerprint density at radius 1 is 1.19 bits per heavy atom. The third kappa shape index (κ3) is 3.82. The van der Waals surface area contributed by atoms with Crippen LogP contribution in [0.1, 0.15) is 36.1 Å². The number of methoxy groups -OCH3 is 1. The Balaban J connectivity index is 1.71. The van der Waals surface area contributed by atoms with Crippen molar-refractivity contribution >= 4 is 17.5 Å². The quantitative estimate of drug-likeness (QED) is 0.880. The summed E-state index contributed by atoms with van der Waals surface area (Å²) in [4.78, 5) is 27.0. The van der Waals surface area contributed by atoms with Crippen LogP contribution in [0.15, 0.2) is 42.5 Å². The van der Waals surface area contributed by atoms with E-state index in [1.165, 1.54) is 0 Å². The number of hydrogen-bond donors (Lipinski definition) is 1. The lowest BCUT2D eigenvalue weighted by Crippen LogP contribution is -2.34. The number of ether oxygens (including phenoxy) is 1. The van der Waals surface area contributed by atoms with E-state index in [-0.39, 0.29) is 30.2 Å². The molecule has 5 nitrogen and oxygen atoms in total. The smallest absolute Gasteiger partial charge is 0.227 e. The van der Waals surface area contributed by atoms with E-state index in [0.29, 0.717) is 6.54 Å². The lowest BCUT2D eigenvalue weighted by molar-refractivity contribution is -0.126. The zero-order valence-corrected chi connectivity index (χ0v) is 16.3. The molecule has 27 heavy (non-hydrogen) atoms. The van der Waals surface area contributed by atoms with E-state index in [1.54, 1.807) is 12.0 Å². The number of anilines is 1. The molecule has 0 bridgehead atoms. The first kappa shape index (κ1) is 19.0. The average molecular weight is 366 g/mol. The maximum atomic E-state index is 12.8. The number of aryl methyl sites for hydroxylation is 1. The molecule has 2 aromatic rings. The first-order chi connectivity index (χ1) is 12.9. The van der Waals surface area contributed by atoms with E-state index in [0.717, 1.165) is 28.1 Å². The van der Waals surface area contributed by atoms with Crippen molar-refractivity contribution in [2.24, 2.45) is 5.92 Å². The van der Waals surface area contributed by atoms with Crippen molar-refractivity contribution in [3.63, 3.8) is 0 Å². The minimum absolute atomic E-state index is 0.00575. The molecule has 0 aromatic heterocycles. The number of benzene rings is 2. The molecule has 0 spiro atoms. The van der Waals surface area contributed by atoms with Crippen molar-refractivity contribution in [1.82, 2.24) is 5.32 Å². The predicted molar refractivity (Wildman–Crippen MR) is 106 cm³/mol. The summed E-state index contributed by atoms with van der Waals surface area (Å²) in [6, 6.07) is 13.3. The highest BCUT2D eigenvalue weighted by Crippen LogP contribution is 2.30. The zero-order valence-electron chi connectivity index (χ0n) is 16.3. The molecular formula is C22H26N2O3. The van der Waals surface area contributed by atoms with Crippen LogP contribution in [0, 0.1) is 19.8 Å². The molecule has 2 aromatic carbocycles. The largest absolute Gasteiger partial charge is 0.496 e. The minimum atomic E-state index is -0.352. The molecule has 1 heterocycles. The maximum absolute atomic E-state index is 12.8. The molecule has 1 aliphatic rings. The summed E-state index contributed by atoms with van der Waals surface area (Å²) in [7, 11) is 1.62. The SMILES string of the molecule is COc1ccccc1[C@@H](C)NC(=O)[C@@H]1CC(=O)N(c2cccc(C)c2C)C1. The number of hydrogen-bond acceptors (Lipinski definition) is 3. The summed E-state index contributed by atoms with van der Waals surface area (Å²) in [6.07, 6.45) is 0.234. The lowest BCUT2D eigenvalue weighted by Gasteiger charge is -2.21. The standard InChI is InChI=1S/C22H26N2O3/c1-14-8-7-10-19(15(14)2)24-13-17(12-21(24)25)22(26)23-16(3)18-9-5-6-11-20(18)27-4/h5-11,16-17H,12-13H2,1-4H3,(H,23,26)/t16-,17-/m1/s1. The Kier molecular flexibility index (Phi) is 5.49. The van der Waals surface area contributed by atoms with Crippen molar-refractivity contribution in [3.05, 3.63) is 59.2 Å². The number of nitrogens with one attached hydrogen (secondary N) is 1. The normalized spacial score (nSPS) is 17.7. The van der Waals surface area contributed by atoms with Gasteiger partial charge in [0, 0.05) is 24.2 Å². The molecule has 142 valence electrons. The Bertz CT molecular complexity index is 862. The zero-order chi connectivity index (χ0) is 19.6. The molecule has 2 amide bonds. The van der Waals surface area contributed by atoms with Crippen LogP contribution in [0.5, 0.6) is 5.75 Å². The number of carbonyl (C=O) groups is 2. The average Bonchev–Trinajstić information content (AvgIpc) is 3.05. The second-order valence-corrected chi connectivity index (χ2v) is 7.10. The van der Waals surface area contributed by atoms with Gasteiger partial charge in [-0.15, -0.1) is 0 Å². The van der Waals surface area contributed by atoms with Crippen LogP contribution in [-0.4, -0.2) is 25.5 Å². The second kappa shape index (κ2) is 7.82. The fourth-order valence-electron chi connectivity index (χ4n) is 3.58. The van der Waals surface area contributed by atoms with E-state index in [1.807, 2.05) is 63.2 Å². The minimum Gasteiger partial charge on any atom is -0.496 e. The van der Waals surface area contributed by atoms with Gasteiger partial charge in [0.2, 0.25) is 11.8 Å². The fourth-order valence-corrected chi connectivity index (χ4v) is 3.58. The lowest BCUT2D eigenvalue weighted by atomic mass is 10.0. The number of para-hydroxylation sites is 1. The van der Waals surface area contributed by atoms with Crippen molar-refractivity contribution in [2.45, 2.75) is 33.2 Å². The highest BCUT2D eigenvalue weighted by atomic mass is 16.5. The van der Waals surface area contributed by atoms with Crippen LogP contribution in [-0.2, 0) is 9.59 Å². The third-order valence-electron chi connectivity index (χ3n) is 5.33. The van der Waals surface area contributed by atoms with Crippen LogP contribution in [0.4, 0.5) is 5.69 Å². The predicted octanol–water partition coefficient (Wildman–Crippen LogP) is 3.54. The maximum Gasteiger partial charge on any atom is 0.227 e. The van der Waals surface area contributed by atoms with Crippen molar-refractivity contribution in [1.29, 1.82) is 0 Å². The van der Waals surface area contributed by atoms with E-state index in [2.05, 4.69) is 5.32 Å². The van der Waals surface area contributed by atoms with Crippen LogP contribution >= 0.6 is 0 Å². The molecule has 2 atom stereocenters. The van der Waals surface area contributed by atoms with E-state index < -0.39 is 0 Å². The second-order valence-electron chi connectivity index (χ2n) is 7.10. The van der Waals surface area contributed by atoms with E-state index >= 15 is 0 Å². The highest BCUT2D eigenvalue weighted by molar-refractivity contribution is 6.01. The Labute approximate surface area is 160 Å². The van der Waals surface area contributed by atoms with Gasteiger partial charge >= 0.3 is 0 Å². The van der Waals surface area contributed by atoms with Gasteiger partial charge in [-0.05, 0) is 44.0 Å². The Hall–Kier alpha value is -2.82. The van der Waals surface area contributed by atoms with Crippen LogP contribution < -0.4 is 15.0 Å². The van der Waals surface area contributed by atoms with E-state index in [9.17, 15) is 9.59 Å². The van der Waals surface area contributed by atoms with Gasteiger partial charge in [-0.3, -0.25) is 9.59 Å². The summed E-state index contributed by atoms with van der Waals surface area (Å²) in [5.41, 5.74) is 4.03. The molecule has 5 heteroatoms. The van der Waals surface area contributed by atoms with Crippen LogP contribution in [0.3, 0.4) is 0 Å². The number of rotatable bonds is 5. The van der Waals surface area contributed by atoms with Gasteiger partial charge in [-0.2, -0.15) is 0 Å². The molecule has 0 unspecified atom stereocenters. The molecule has 1 saturated heterocycles. The first-order valence-electron chi connectivity index (χ1n) is 9.22. The summed E-state index contributed by atoms with van der Waals surface area (Å²) < 4.78 is 5.38. The molecular weight excluding hydrogens is 340 g/mol. The fraction of sp³-hybridized carbons (Fsp3) is 0.364. The summed E-state index contributed by atoms with van der Waals surface area (Å²) >= 11 is 0. The molecule has 3 rings (SSSR count). The number of nitrogens with zero attached hydrogens (tertiary/aromatic N) is 1. The highest BCUT2D eigenvalue weighted by Gasteiger charge is 2.36.